The van der Waals surface area contributed by atoms with E-state index in [9.17, 15) is 10.1 Å². The molecule has 0 saturated heterocycles. The van der Waals surface area contributed by atoms with Gasteiger partial charge in [-0.1, -0.05) is 30.3 Å². The Kier molecular flexibility index (Phi) is 3.90. The zero-order valence-electron chi connectivity index (χ0n) is 10.8. The lowest BCUT2D eigenvalue weighted by Crippen LogP contribution is -2.09. The highest BCUT2D eigenvalue weighted by atomic mass is 32.2. The lowest BCUT2D eigenvalue weighted by molar-refractivity contribution is 0.0982. The van der Waals surface area contributed by atoms with Gasteiger partial charge >= 0.3 is 0 Å². The maximum Gasteiger partial charge on any atom is 0.194 e. The minimum atomic E-state index is -0.691. The first-order chi connectivity index (χ1) is 9.79. The molecule has 0 spiro atoms. The number of ketones is 1. The number of benzene rings is 1. The van der Waals surface area contributed by atoms with Crippen LogP contribution in [0.15, 0.2) is 36.4 Å². The smallest absolute Gasteiger partial charge is 0.194 e. The van der Waals surface area contributed by atoms with E-state index in [4.69, 9.17) is 0 Å². The fourth-order valence-corrected chi connectivity index (χ4v) is 4.68. The van der Waals surface area contributed by atoms with Gasteiger partial charge in [-0.3, -0.25) is 4.79 Å². The van der Waals surface area contributed by atoms with Crippen LogP contribution in [-0.4, -0.2) is 11.5 Å². The van der Waals surface area contributed by atoms with Crippen LogP contribution in [-0.2, 0) is 12.2 Å². The van der Waals surface area contributed by atoms with Crippen molar-refractivity contribution in [3.63, 3.8) is 0 Å². The molecule has 2 aromatic rings. The molecule has 0 radical (unpaired) electrons. The highest BCUT2D eigenvalue weighted by Crippen LogP contribution is 2.34. The van der Waals surface area contributed by atoms with Crippen LogP contribution in [0.1, 0.15) is 31.6 Å². The van der Waals surface area contributed by atoms with Crippen molar-refractivity contribution < 1.29 is 4.79 Å². The van der Waals surface area contributed by atoms with E-state index in [1.54, 1.807) is 11.3 Å². The van der Waals surface area contributed by atoms with Gasteiger partial charge in [0.1, 0.15) is 5.92 Å². The second kappa shape index (κ2) is 5.82. The number of aryl methyl sites for hydroxylation is 1. The van der Waals surface area contributed by atoms with Gasteiger partial charge in [0.05, 0.1) is 10.9 Å². The normalized spacial score (nSPS) is 15.2. The van der Waals surface area contributed by atoms with Crippen molar-refractivity contribution in [3.05, 3.63) is 57.3 Å². The van der Waals surface area contributed by atoms with Gasteiger partial charge in [0.15, 0.2) is 5.78 Å². The summed E-state index contributed by atoms with van der Waals surface area (Å²) in [7, 11) is 0. The van der Waals surface area contributed by atoms with Crippen LogP contribution in [0.5, 0.6) is 0 Å². The van der Waals surface area contributed by atoms with Crippen LogP contribution < -0.4 is 0 Å². The standard InChI is InChI=1S/C16H13NOS2/c17-9-13(11-4-2-1-3-5-11)16(18)15-8-12-10-19-7-6-14(12)20-15/h1-5,8,13H,6-7,10H2. The fraction of sp³-hybridized carbons (Fsp3) is 0.250. The largest absolute Gasteiger partial charge is 0.291 e. The number of nitrogens with zero attached hydrogens (tertiary/aromatic N) is 1. The molecule has 2 heterocycles. The summed E-state index contributed by atoms with van der Waals surface area (Å²) in [4.78, 5) is 14.6. The third kappa shape index (κ3) is 2.52. The van der Waals surface area contributed by atoms with Crippen molar-refractivity contribution in [2.75, 3.05) is 5.75 Å². The van der Waals surface area contributed by atoms with Crippen LogP contribution in [0.4, 0.5) is 0 Å². The fourth-order valence-electron chi connectivity index (χ4n) is 2.34. The van der Waals surface area contributed by atoms with Gasteiger partial charge < -0.3 is 0 Å². The first-order valence-corrected chi connectivity index (χ1v) is 8.45. The minimum Gasteiger partial charge on any atom is -0.291 e. The monoisotopic (exact) mass is 299 g/mol. The van der Waals surface area contributed by atoms with Crippen molar-refractivity contribution >= 4 is 28.9 Å². The van der Waals surface area contributed by atoms with Gasteiger partial charge in [0.25, 0.3) is 0 Å². The summed E-state index contributed by atoms with van der Waals surface area (Å²) in [5.74, 6) is 1.36. The van der Waals surface area contributed by atoms with Gasteiger partial charge in [0.2, 0.25) is 0 Å². The summed E-state index contributed by atoms with van der Waals surface area (Å²) in [6.45, 7) is 0. The predicted octanol–water partition coefficient (Wildman–Crippen LogP) is 4.03. The average molecular weight is 299 g/mol. The van der Waals surface area contributed by atoms with Crippen molar-refractivity contribution in [2.24, 2.45) is 0 Å². The Balaban J connectivity index is 1.91. The molecule has 0 N–H and O–H groups in total. The first kappa shape index (κ1) is 13.4. The molecule has 1 aromatic carbocycles. The van der Waals surface area contributed by atoms with Crippen LogP contribution in [0.2, 0.25) is 0 Å². The molecule has 20 heavy (non-hydrogen) atoms. The molecular weight excluding hydrogens is 286 g/mol. The highest BCUT2D eigenvalue weighted by molar-refractivity contribution is 7.98. The number of carbonyl (C=O) groups excluding carboxylic acids is 1. The Morgan fingerprint density at radius 2 is 2.10 bits per heavy atom. The summed E-state index contributed by atoms with van der Waals surface area (Å²) in [5, 5.41) is 9.34. The van der Waals surface area contributed by atoms with Crippen molar-refractivity contribution in [2.45, 2.75) is 18.1 Å². The maximum absolute atomic E-state index is 12.6. The Labute approximate surface area is 126 Å². The van der Waals surface area contributed by atoms with Gasteiger partial charge in [-0.2, -0.15) is 17.0 Å². The van der Waals surface area contributed by atoms with Crippen molar-refractivity contribution in [3.8, 4) is 6.07 Å². The molecule has 1 aliphatic rings. The molecular formula is C16H13NOS2. The zero-order valence-corrected chi connectivity index (χ0v) is 12.5. The van der Waals surface area contributed by atoms with Crippen LogP contribution in [0.3, 0.4) is 0 Å². The molecule has 1 aliphatic heterocycles. The molecule has 4 heteroatoms. The van der Waals surface area contributed by atoms with E-state index in [1.165, 1.54) is 10.4 Å². The molecule has 3 rings (SSSR count). The predicted molar refractivity (Wildman–Crippen MR) is 83.3 cm³/mol. The van der Waals surface area contributed by atoms with Crippen molar-refractivity contribution in [1.29, 1.82) is 5.26 Å². The number of hydrogen-bond donors (Lipinski definition) is 0. The molecule has 0 fully saturated rings. The van der Waals surface area contributed by atoms with E-state index >= 15 is 0 Å². The lowest BCUT2D eigenvalue weighted by atomic mass is 9.95. The van der Waals surface area contributed by atoms with E-state index in [2.05, 4.69) is 6.07 Å². The molecule has 1 atom stereocenters. The number of fused-ring (bicyclic) bond motifs is 1. The Morgan fingerprint density at radius 1 is 1.30 bits per heavy atom. The summed E-state index contributed by atoms with van der Waals surface area (Å²) in [5.41, 5.74) is 2.06. The third-order valence-corrected chi connectivity index (χ3v) is 5.65. The van der Waals surface area contributed by atoms with E-state index in [0.717, 1.165) is 28.4 Å². The number of carbonyl (C=O) groups is 1. The summed E-state index contributed by atoms with van der Waals surface area (Å²) < 4.78 is 0. The van der Waals surface area contributed by atoms with Gasteiger partial charge in [-0.05, 0) is 29.4 Å². The van der Waals surface area contributed by atoms with Crippen LogP contribution in [0.25, 0.3) is 0 Å². The van der Waals surface area contributed by atoms with Gasteiger partial charge in [0, 0.05) is 10.6 Å². The Hall–Kier alpha value is -1.57. The molecule has 2 nitrogen and oxygen atoms in total. The molecule has 100 valence electrons. The summed E-state index contributed by atoms with van der Waals surface area (Å²) in [6.07, 6.45) is 1.04. The van der Waals surface area contributed by atoms with E-state index in [-0.39, 0.29) is 5.78 Å². The number of nitriles is 1. The van der Waals surface area contributed by atoms with Crippen LogP contribution in [0, 0.1) is 11.3 Å². The highest BCUT2D eigenvalue weighted by Gasteiger charge is 2.25. The molecule has 1 aromatic heterocycles. The van der Waals surface area contributed by atoms with Gasteiger partial charge in [-0.15, -0.1) is 11.3 Å². The Morgan fingerprint density at radius 3 is 2.80 bits per heavy atom. The van der Waals surface area contributed by atoms with E-state index in [0.29, 0.717) is 0 Å². The number of thioether (sulfide) groups is 1. The average Bonchev–Trinajstić information content (AvgIpc) is 2.93. The second-order valence-corrected chi connectivity index (χ2v) is 6.94. The van der Waals surface area contributed by atoms with Gasteiger partial charge in [-0.25, -0.2) is 0 Å². The first-order valence-electron chi connectivity index (χ1n) is 6.47. The third-order valence-electron chi connectivity index (χ3n) is 3.39. The molecule has 1 unspecified atom stereocenters. The summed E-state index contributed by atoms with van der Waals surface area (Å²) in [6, 6.07) is 13.4. The van der Waals surface area contributed by atoms with E-state index in [1.807, 2.05) is 48.2 Å². The molecule has 0 aliphatic carbocycles. The van der Waals surface area contributed by atoms with Crippen LogP contribution >= 0.6 is 23.1 Å². The number of rotatable bonds is 3. The molecule has 0 saturated carbocycles. The SMILES string of the molecule is N#CC(C(=O)c1cc2c(s1)CCSC2)c1ccccc1. The Bertz CT molecular complexity index is 646. The topological polar surface area (TPSA) is 40.9 Å². The zero-order chi connectivity index (χ0) is 13.9. The van der Waals surface area contributed by atoms with Crippen molar-refractivity contribution in [1.82, 2.24) is 0 Å². The minimum absolute atomic E-state index is 0.0666. The molecule has 0 bridgehead atoms. The second-order valence-electron chi connectivity index (χ2n) is 4.70. The number of hydrogen-bond acceptors (Lipinski definition) is 4. The quantitative estimate of drug-likeness (QED) is 0.804. The van der Waals surface area contributed by atoms with E-state index < -0.39 is 5.92 Å². The lowest BCUT2D eigenvalue weighted by Gasteiger charge is -2.08. The number of thiophene rings is 1. The number of Topliss-reactive ketones (excluding diaryl/α,β-unsaturated/α-hetero) is 1. The molecule has 0 amide bonds. The maximum atomic E-state index is 12.6. The summed E-state index contributed by atoms with van der Waals surface area (Å²) >= 11 is 3.47.